The van der Waals surface area contributed by atoms with Crippen molar-refractivity contribution >= 4 is 55.1 Å². The highest BCUT2D eigenvalue weighted by atomic mass is 79.9. The first-order valence-corrected chi connectivity index (χ1v) is 9.12. The minimum Gasteiger partial charge on any atom is -0.340 e. The van der Waals surface area contributed by atoms with E-state index in [-0.39, 0.29) is 33.9 Å². The van der Waals surface area contributed by atoms with Gasteiger partial charge >= 0.3 is 0 Å². The number of benzene rings is 1. The molecular formula is C12H13BrCl2N2O3S. The minimum absolute atomic E-state index is 0.0632. The summed E-state index contributed by atoms with van der Waals surface area (Å²) in [6.07, 6.45) is 0. The standard InChI is InChI=1S/C12H13BrCl2N2O3S/c1-8(18)16-2-4-17(5-3-16)21(19,20)12-10(14)6-9(13)7-11(12)15/h6-7H,2-5H2,1H3. The lowest BCUT2D eigenvalue weighted by Gasteiger charge is -2.33. The molecular weight excluding hydrogens is 403 g/mol. The van der Waals surface area contributed by atoms with Crippen molar-refractivity contribution in [3.8, 4) is 0 Å². The number of hydrogen-bond donors (Lipinski definition) is 0. The summed E-state index contributed by atoms with van der Waals surface area (Å²) in [5.74, 6) is -0.0632. The molecule has 0 radical (unpaired) electrons. The molecule has 0 spiro atoms. The van der Waals surface area contributed by atoms with E-state index in [0.717, 1.165) is 0 Å². The van der Waals surface area contributed by atoms with E-state index in [1.807, 2.05) is 0 Å². The molecule has 1 amide bonds. The number of nitrogens with zero attached hydrogens (tertiary/aromatic N) is 2. The molecule has 21 heavy (non-hydrogen) atoms. The van der Waals surface area contributed by atoms with E-state index in [1.165, 1.54) is 23.4 Å². The van der Waals surface area contributed by atoms with Gasteiger partial charge in [0.1, 0.15) is 4.90 Å². The first-order chi connectivity index (χ1) is 9.73. The summed E-state index contributed by atoms with van der Waals surface area (Å²) in [5, 5.41) is 0.145. The predicted molar refractivity (Wildman–Crippen MR) is 85.2 cm³/mol. The van der Waals surface area contributed by atoms with E-state index in [9.17, 15) is 13.2 Å². The highest BCUT2D eigenvalue weighted by Crippen LogP contribution is 2.34. The molecule has 5 nitrogen and oxygen atoms in total. The molecule has 1 aliphatic rings. The quantitative estimate of drug-likeness (QED) is 0.745. The third-order valence-corrected chi connectivity index (χ3v) is 6.52. The number of carbonyl (C=O) groups is 1. The monoisotopic (exact) mass is 414 g/mol. The number of hydrogen-bond acceptors (Lipinski definition) is 3. The Kier molecular flexibility index (Phi) is 5.20. The molecule has 1 heterocycles. The molecule has 0 aromatic heterocycles. The Balaban J connectivity index is 2.30. The Hall–Kier alpha value is -0.340. The van der Waals surface area contributed by atoms with Crippen molar-refractivity contribution in [2.75, 3.05) is 26.2 Å². The molecule has 1 saturated heterocycles. The number of sulfonamides is 1. The average Bonchev–Trinajstić information content (AvgIpc) is 2.37. The van der Waals surface area contributed by atoms with Crippen molar-refractivity contribution in [1.82, 2.24) is 9.21 Å². The number of piperazine rings is 1. The van der Waals surface area contributed by atoms with Crippen molar-refractivity contribution in [3.63, 3.8) is 0 Å². The second kappa shape index (κ2) is 6.42. The maximum Gasteiger partial charge on any atom is 0.246 e. The van der Waals surface area contributed by atoms with Crippen LogP contribution in [0.5, 0.6) is 0 Å². The normalized spacial score (nSPS) is 17.0. The molecule has 1 aliphatic heterocycles. The molecule has 0 bridgehead atoms. The van der Waals surface area contributed by atoms with Gasteiger partial charge in [-0.3, -0.25) is 4.79 Å². The predicted octanol–water partition coefficient (Wildman–Crippen LogP) is 2.61. The van der Waals surface area contributed by atoms with Crippen LogP contribution in [0.1, 0.15) is 6.92 Å². The fraction of sp³-hybridized carbons (Fsp3) is 0.417. The highest BCUT2D eigenvalue weighted by Gasteiger charge is 2.32. The van der Waals surface area contributed by atoms with Gasteiger partial charge in [0, 0.05) is 37.6 Å². The van der Waals surface area contributed by atoms with Gasteiger partial charge in [-0.1, -0.05) is 39.1 Å². The molecule has 0 aliphatic carbocycles. The molecule has 0 saturated carbocycles. The van der Waals surface area contributed by atoms with Crippen LogP contribution in [0.3, 0.4) is 0 Å². The Morgan fingerprint density at radius 1 is 1.14 bits per heavy atom. The molecule has 116 valence electrons. The molecule has 0 unspecified atom stereocenters. The lowest BCUT2D eigenvalue weighted by molar-refractivity contribution is -0.129. The minimum atomic E-state index is -3.78. The topological polar surface area (TPSA) is 57.7 Å². The third-order valence-electron chi connectivity index (χ3n) is 3.24. The van der Waals surface area contributed by atoms with Gasteiger partial charge in [0.2, 0.25) is 15.9 Å². The van der Waals surface area contributed by atoms with E-state index < -0.39 is 10.0 Å². The number of rotatable bonds is 2. The van der Waals surface area contributed by atoms with E-state index in [4.69, 9.17) is 23.2 Å². The van der Waals surface area contributed by atoms with Gasteiger partial charge < -0.3 is 4.90 Å². The van der Waals surface area contributed by atoms with Crippen LogP contribution in [-0.4, -0.2) is 49.7 Å². The van der Waals surface area contributed by atoms with E-state index >= 15 is 0 Å². The van der Waals surface area contributed by atoms with Gasteiger partial charge in [0.15, 0.2) is 0 Å². The van der Waals surface area contributed by atoms with Crippen LogP contribution >= 0.6 is 39.1 Å². The van der Waals surface area contributed by atoms with Gasteiger partial charge in [0.05, 0.1) is 10.0 Å². The van der Waals surface area contributed by atoms with Crippen molar-refractivity contribution in [1.29, 1.82) is 0 Å². The molecule has 9 heteroatoms. The van der Waals surface area contributed by atoms with Crippen LogP contribution < -0.4 is 0 Å². The summed E-state index contributed by atoms with van der Waals surface area (Å²) in [7, 11) is -3.78. The molecule has 1 aromatic carbocycles. The maximum atomic E-state index is 12.7. The molecule has 1 aromatic rings. The SMILES string of the molecule is CC(=O)N1CCN(S(=O)(=O)c2c(Cl)cc(Br)cc2Cl)CC1. The molecule has 2 rings (SSSR count). The van der Waals surface area contributed by atoms with E-state index in [0.29, 0.717) is 17.6 Å². The average molecular weight is 416 g/mol. The van der Waals surface area contributed by atoms with Gasteiger partial charge in [-0.25, -0.2) is 8.42 Å². The zero-order chi connectivity index (χ0) is 15.8. The molecule has 0 N–H and O–H groups in total. The van der Waals surface area contributed by atoms with Gasteiger partial charge in [-0.2, -0.15) is 4.31 Å². The third kappa shape index (κ3) is 3.53. The van der Waals surface area contributed by atoms with Crippen molar-refractivity contribution < 1.29 is 13.2 Å². The first-order valence-electron chi connectivity index (χ1n) is 6.13. The maximum absolute atomic E-state index is 12.7. The zero-order valence-corrected chi connectivity index (χ0v) is 15.1. The Morgan fingerprint density at radius 2 is 1.62 bits per heavy atom. The summed E-state index contributed by atoms with van der Waals surface area (Å²) < 4.78 is 27.2. The smallest absolute Gasteiger partial charge is 0.246 e. The Labute approximate surface area is 142 Å². The van der Waals surface area contributed by atoms with Crippen LogP contribution in [0.25, 0.3) is 0 Å². The van der Waals surface area contributed by atoms with Gasteiger partial charge in [-0.05, 0) is 12.1 Å². The van der Waals surface area contributed by atoms with Crippen LogP contribution in [0.2, 0.25) is 10.0 Å². The fourth-order valence-corrected chi connectivity index (χ4v) is 5.45. The van der Waals surface area contributed by atoms with Crippen LogP contribution in [0.15, 0.2) is 21.5 Å². The van der Waals surface area contributed by atoms with Crippen LogP contribution in [0, 0.1) is 0 Å². The van der Waals surface area contributed by atoms with E-state index in [2.05, 4.69) is 15.9 Å². The summed E-state index contributed by atoms with van der Waals surface area (Å²) in [5.41, 5.74) is 0. The summed E-state index contributed by atoms with van der Waals surface area (Å²) in [6, 6.07) is 2.98. The Morgan fingerprint density at radius 3 is 2.05 bits per heavy atom. The molecule has 1 fully saturated rings. The Bertz CT molecular complexity index is 650. The number of carbonyl (C=O) groups excluding carboxylic acids is 1. The molecule has 0 atom stereocenters. The number of halogens is 3. The summed E-state index contributed by atoms with van der Waals surface area (Å²) >= 11 is 15.3. The second-order valence-corrected chi connectivity index (χ2v) is 8.21. The van der Waals surface area contributed by atoms with Crippen molar-refractivity contribution in [2.24, 2.45) is 0 Å². The second-order valence-electron chi connectivity index (χ2n) is 4.61. The lowest BCUT2D eigenvalue weighted by atomic mass is 10.3. The summed E-state index contributed by atoms with van der Waals surface area (Å²) in [6.45, 7) is 2.64. The van der Waals surface area contributed by atoms with Crippen LogP contribution in [0.4, 0.5) is 0 Å². The van der Waals surface area contributed by atoms with Gasteiger partial charge in [0.25, 0.3) is 0 Å². The van der Waals surface area contributed by atoms with Crippen molar-refractivity contribution in [2.45, 2.75) is 11.8 Å². The fourth-order valence-electron chi connectivity index (χ4n) is 2.15. The lowest BCUT2D eigenvalue weighted by Crippen LogP contribution is -2.50. The number of amides is 1. The highest BCUT2D eigenvalue weighted by molar-refractivity contribution is 9.10. The van der Waals surface area contributed by atoms with Gasteiger partial charge in [-0.15, -0.1) is 0 Å². The zero-order valence-electron chi connectivity index (χ0n) is 11.1. The van der Waals surface area contributed by atoms with Crippen LogP contribution in [-0.2, 0) is 14.8 Å². The first kappa shape index (κ1) is 17.0. The van der Waals surface area contributed by atoms with E-state index in [1.54, 1.807) is 4.90 Å². The largest absolute Gasteiger partial charge is 0.340 e. The summed E-state index contributed by atoms with van der Waals surface area (Å²) in [4.78, 5) is 12.8. The van der Waals surface area contributed by atoms with Crippen molar-refractivity contribution in [3.05, 3.63) is 26.7 Å².